The molecule has 1 aromatic carbocycles. The van der Waals surface area contributed by atoms with E-state index in [0.29, 0.717) is 19.7 Å². The second-order valence-corrected chi connectivity index (χ2v) is 6.78. The van der Waals surface area contributed by atoms with E-state index in [4.69, 9.17) is 9.26 Å². The van der Waals surface area contributed by atoms with Gasteiger partial charge in [-0.1, -0.05) is 23.4 Å². The quantitative estimate of drug-likeness (QED) is 0.781. The Bertz CT molecular complexity index is 822. The van der Waals surface area contributed by atoms with Crippen LogP contribution in [0, 0.1) is 12.8 Å². The zero-order chi connectivity index (χ0) is 19.9. The molecule has 3 rings (SSSR count). The lowest BCUT2D eigenvalue weighted by molar-refractivity contribution is 0.0949. The van der Waals surface area contributed by atoms with Crippen molar-refractivity contribution >= 4 is 11.9 Å². The number of amides is 3. The van der Waals surface area contributed by atoms with Gasteiger partial charge in [-0.05, 0) is 31.4 Å². The van der Waals surface area contributed by atoms with Gasteiger partial charge in [-0.25, -0.2) is 4.79 Å². The maximum atomic E-state index is 12.4. The van der Waals surface area contributed by atoms with Gasteiger partial charge in [0.15, 0.2) is 0 Å². The molecule has 1 aliphatic heterocycles. The summed E-state index contributed by atoms with van der Waals surface area (Å²) in [5, 5.41) is 8.74. The van der Waals surface area contributed by atoms with E-state index in [9.17, 15) is 9.59 Å². The number of para-hydroxylation sites is 1. The molecular weight excluding hydrogens is 362 g/mol. The normalized spacial score (nSPS) is 16.5. The minimum Gasteiger partial charge on any atom is -0.493 e. The van der Waals surface area contributed by atoms with Gasteiger partial charge < -0.3 is 24.8 Å². The van der Waals surface area contributed by atoms with Crippen LogP contribution in [-0.4, -0.2) is 53.7 Å². The molecule has 1 atom stereocenters. The van der Waals surface area contributed by atoms with E-state index in [1.54, 1.807) is 4.90 Å². The average Bonchev–Trinajstić information content (AvgIpc) is 3.20. The van der Waals surface area contributed by atoms with E-state index < -0.39 is 5.91 Å². The molecule has 150 valence electrons. The van der Waals surface area contributed by atoms with Gasteiger partial charge in [0.05, 0.1) is 13.2 Å². The minimum atomic E-state index is -0.436. The Morgan fingerprint density at radius 2 is 2.18 bits per heavy atom. The number of nitrogens with one attached hydrogen (secondary N) is 2. The van der Waals surface area contributed by atoms with Gasteiger partial charge in [0.2, 0.25) is 5.89 Å². The summed E-state index contributed by atoms with van der Waals surface area (Å²) in [7, 11) is 1.48. The number of aromatic nitrogens is 2. The van der Waals surface area contributed by atoms with Crippen LogP contribution in [0.1, 0.15) is 34.9 Å². The number of carbonyl (C=O) groups is 2. The van der Waals surface area contributed by atoms with Crippen molar-refractivity contribution in [2.45, 2.75) is 26.3 Å². The Balaban J connectivity index is 1.47. The highest BCUT2D eigenvalue weighted by atomic mass is 16.5. The number of aryl methyl sites for hydroxylation is 1. The second kappa shape index (κ2) is 9.20. The van der Waals surface area contributed by atoms with Gasteiger partial charge in [-0.2, -0.15) is 4.98 Å². The molecule has 2 N–H and O–H groups in total. The average molecular weight is 387 g/mol. The summed E-state index contributed by atoms with van der Waals surface area (Å²) in [6.45, 7) is 3.99. The summed E-state index contributed by atoms with van der Waals surface area (Å²) in [6.07, 6.45) is 1.95. The van der Waals surface area contributed by atoms with E-state index in [1.807, 2.05) is 31.2 Å². The van der Waals surface area contributed by atoms with Gasteiger partial charge >= 0.3 is 6.03 Å². The van der Waals surface area contributed by atoms with Gasteiger partial charge in [0.25, 0.3) is 11.7 Å². The lowest BCUT2D eigenvalue weighted by Crippen LogP contribution is -2.46. The zero-order valence-electron chi connectivity index (χ0n) is 16.1. The smallest absolute Gasteiger partial charge is 0.317 e. The van der Waals surface area contributed by atoms with E-state index in [-0.39, 0.29) is 30.2 Å². The molecule has 0 bridgehead atoms. The summed E-state index contributed by atoms with van der Waals surface area (Å²) in [5.74, 6) is 0.852. The molecule has 9 heteroatoms. The molecule has 0 radical (unpaired) electrons. The third-order valence-corrected chi connectivity index (χ3v) is 4.66. The van der Waals surface area contributed by atoms with Gasteiger partial charge in [-0.15, -0.1) is 0 Å². The molecular formula is C19H25N5O4. The highest BCUT2D eigenvalue weighted by Gasteiger charge is 2.24. The van der Waals surface area contributed by atoms with Crippen LogP contribution in [-0.2, 0) is 6.54 Å². The van der Waals surface area contributed by atoms with E-state index >= 15 is 0 Å². The number of urea groups is 1. The molecule has 9 nitrogen and oxygen atoms in total. The minimum absolute atomic E-state index is 0.0573. The largest absolute Gasteiger partial charge is 0.493 e. The molecule has 3 amide bonds. The molecule has 0 saturated carbocycles. The Morgan fingerprint density at radius 3 is 2.96 bits per heavy atom. The molecule has 0 spiro atoms. The zero-order valence-corrected chi connectivity index (χ0v) is 16.1. The first-order valence-electron chi connectivity index (χ1n) is 9.32. The standard InChI is InChI=1S/C19H25N5O4/c1-13-6-3-4-8-15(13)27-12-14-7-5-9-24(11-14)19(26)21-10-16-22-17(23-28-16)18(25)20-2/h3-4,6,8,14H,5,7,9-12H2,1-2H3,(H,20,25)(H,21,26)/t14-/m0/s1. The summed E-state index contributed by atoms with van der Waals surface area (Å²) in [4.78, 5) is 29.6. The third-order valence-electron chi connectivity index (χ3n) is 4.66. The number of ether oxygens (including phenoxy) is 1. The fourth-order valence-electron chi connectivity index (χ4n) is 3.11. The number of rotatable bonds is 6. The highest BCUT2D eigenvalue weighted by molar-refractivity contribution is 5.89. The van der Waals surface area contributed by atoms with Crippen molar-refractivity contribution < 1.29 is 18.8 Å². The van der Waals surface area contributed by atoms with Crippen molar-refractivity contribution in [2.24, 2.45) is 5.92 Å². The SMILES string of the molecule is CNC(=O)c1noc(CNC(=O)N2CCC[C@H](COc3ccccc3C)C2)n1. The molecule has 28 heavy (non-hydrogen) atoms. The van der Waals surface area contributed by atoms with Crippen LogP contribution in [0.25, 0.3) is 0 Å². The van der Waals surface area contributed by atoms with Crippen LogP contribution in [0.15, 0.2) is 28.8 Å². The number of hydrogen-bond acceptors (Lipinski definition) is 6. The number of likely N-dealkylation sites (tertiary alicyclic amines) is 1. The third kappa shape index (κ3) is 4.99. The van der Waals surface area contributed by atoms with E-state index in [1.165, 1.54) is 7.05 Å². The van der Waals surface area contributed by atoms with Crippen molar-refractivity contribution in [1.82, 2.24) is 25.7 Å². The van der Waals surface area contributed by atoms with Gasteiger partial charge in [-0.3, -0.25) is 4.79 Å². The Kier molecular flexibility index (Phi) is 6.46. The predicted octanol–water partition coefficient (Wildman–Crippen LogP) is 1.74. The number of piperidine rings is 1. The van der Waals surface area contributed by atoms with E-state index in [0.717, 1.165) is 24.2 Å². The molecule has 0 aliphatic carbocycles. The van der Waals surface area contributed by atoms with Crippen molar-refractivity contribution in [3.63, 3.8) is 0 Å². The highest BCUT2D eigenvalue weighted by Crippen LogP contribution is 2.21. The number of benzene rings is 1. The lowest BCUT2D eigenvalue weighted by Gasteiger charge is -2.32. The van der Waals surface area contributed by atoms with Crippen molar-refractivity contribution in [3.05, 3.63) is 41.5 Å². The number of nitrogens with zero attached hydrogens (tertiary/aromatic N) is 3. The molecule has 1 aliphatic rings. The number of hydrogen-bond donors (Lipinski definition) is 2. The van der Waals surface area contributed by atoms with Crippen molar-refractivity contribution in [1.29, 1.82) is 0 Å². The van der Waals surface area contributed by atoms with Crippen LogP contribution in [0.4, 0.5) is 4.79 Å². The van der Waals surface area contributed by atoms with Gasteiger partial charge in [0.1, 0.15) is 5.75 Å². The Morgan fingerprint density at radius 1 is 1.36 bits per heavy atom. The van der Waals surface area contributed by atoms with Crippen LogP contribution in [0.3, 0.4) is 0 Å². The fourth-order valence-corrected chi connectivity index (χ4v) is 3.11. The van der Waals surface area contributed by atoms with Crippen LogP contribution in [0.2, 0.25) is 0 Å². The monoisotopic (exact) mass is 387 g/mol. The Hall–Kier alpha value is -3.10. The van der Waals surface area contributed by atoms with E-state index in [2.05, 4.69) is 20.8 Å². The summed E-state index contributed by atoms with van der Waals surface area (Å²) < 4.78 is 10.9. The summed E-state index contributed by atoms with van der Waals surface area (Å²) in [6, 6.07) is 7.72. The topological polar surface area (TPSA) is 110 Å². The maximum absolute atomic E-state index is 12.4. The van der Waals surface area contributed by atoms with Crippen molar-refractivity contribution in [3.8, 4) is 5.75 Å². The molecule has 1 saturated heterocycles. The first-order chi connectivity index (χ1) is 13.6. The first kappa shape index (κ1) is 19.7. The summed E-state index contributed by atoms with van der Waals surface area (Å²) in [5.41, 5.74) is 1.10. The Labute approximate surface area is 163 Å². The second-order valence-electron chi connectivity index (χ2n) is 6.78. The molecule has 0 unspecified atom stereocenters. The number of carbonyl (C=O) groups excluding carboxylic acids is 2. The van der Waals surface area contributed by atoms with Crippen LogP contribution >= 0.6 is 0 Å². The molecule has 2 aromatic rings. The maximum Gasteiger partial charge on any atom is 0.317 e. The van der Waals surface area contributed by atoms with Crippen molar-refractivity contribution in [2.75, 3.05) is 26.7 Å². The lowest BCUT2D eigenvalue weighted by atomic mass is 9.99. The molecule has 2 heterocycles. The van der Waals surface area contributed by atoms with Crippen LogP contribution in [0.5, 0.6) is 5.75 Å². The molecule has 1 aromatic heterocycles. The first-order valence-corrected chi connectivity index (χ1v) is 9.32. The predicted molar refractivity (Wildman–Crippen MR) is 101 cm³/mol. The summed E-state index contributed by atoms with van der Waals surface area (Å²) >= 11 is 0. The molecule has 1 fully saturated rings. The van der Waals surface area contributed by atoms with Crippen LogP contribution < -0.4 is 15.4 Å². The fraction of sp³-hybridized carbons (Fsp3) is 0.474. The van der Waals surface area contributed by atoms with Gasteiger partial charge in [0, 0.05) is 26.1 Å².